The number of aromatic amines is 1. The second kappa shape index (κ2) is 3.70. The molecule has 4 heteroatoms. The Kier molecular flexibility index (Phi) is 2.52. The minimum absolute atomic E-state index is 0.438. The molecule has 1 aliphatic carbocycles. The first-order valence-corrected chi connectivity index (χ1v) is 5.27. The minimum atomic E-state index is -0.928. The SMILES string of the molecule is Cc1[nH]c2c(c1CC(N)C(=O)O)CCC2. The van der Waals surface area contributed by atoms with Crippen LogP contribution in [0.2, 0.25) is 0 Å². The maximum Gasteiger partial charge on any atom is 0.320 e. The molecule has 0 spiro atoms. The van der Waals surface area contributed by atoms with Gasteiger partial charge in [0.15, 0.2) is 0 Å². The number of carboxylic acid groups (broad SMARTS) is 1. The molecule has 1 aliphatic rings. The van der Waals surface area contributed by atoms with Crippen LogP contribution >= 0.6 is 0 Å². The Balaban J connectivity index is 2.24. The first kappa shape index (κ1) is 10.2. The van der Waals surface area contributed by atoms with Gasteiger partial charge in [0.1, 0.15) is 6.04 Å². The number of hydrogen-bond acceptors (Lipinski definition) is 2. The van der Waals surface area contributed by atoms with E-state index in [1.807, 2.05) is 6.92 Å². The number of nitrogens with one attached hydrogen (secondary N) is 1. The summed E-state index contributed by atoms with van der Waals surface area (Å²) < 4.78 is 0. The summed E-state index contributed by atoms with van der Waals surface area (Å²) in [5, 5.41) is 8.79. The number of H-pyrrole nitrogens is 1. The highest BCUT2D eigenvalue weighted by atomic mass is 16.4. The van der Waals surface area contributed by atoms with Crippen molar-refractivity contribution in [1.82, 2.24) is 4.98 Å². The predicted molar refractivity (Wildman–Crippen MR) is 56.9 cm³/mol. The molecule has 1 aromatic rings. The van der Waals surface area contributed by atoms with Crippen LogP contribution in [0.15, 0.2) is 0 Å². The summed E-state index contributed by atoms with van der Waals surface area (Å²) in [6.07, 6.45) is 3.74. The van der Waals surface area contributed by atoms with Crippen LogP contribution in [0, 0.1) is 6.92 Å². The monoisotopic (exact) mass is 208 g/mol. The summed E-state index contributed by atoms with van der Waals surface area (Å²) >= 11 is 0. The lowest BCUT2D eigenvalue weighted by Crippen LogP contribution is -2.32. The molecule has 0 aliphatic heterocycles. The maximum atomic E-state index is 10.7. The minimum Gasteiger partial charge on any atom is -0.480 e. The fraction of sp³-hybridized carbons (Fsp3) is 0.545. The van der Waals surface area contributed by atoms with Crippen molar-refractivity contribution in [3.63, 3.8) is 0 Å². The van der Waals surface area contributed by atoms with Crippen molar-refractivity contribution in [2.75, 3.05) is 0 Å². The number of fused-ring (bicyclic) bond motifs is 1. The summed E-state index contributed by atoms with van der Waals surface area (Å²) in [7, 11) is 0. The molecule has 0 amide bonds. The maximum absolute atomic E-state index is 10.7. The second-order valence-electron chi connectivity index (χ2n) is 4.19. The first-order valence-electron chi connectivity index (χ1n) is 5.27. The largest absolute Gasteiger partial charge is 0.480 e. The highest BCUT2D eigenvalue weighted by molar-refractivity contribution is 5.73. The van der Waals surface area contributed by atoms with Crippen molar-refractivity contribution in [3.05, 3.63) is 22.5 Å². The molecule has 4 N–H and O–H groups in total. The van der Waals surface area contributed by atoms with Crippen LogP contribution in [0.1, 0.15) is 28.9 Å². The van der Waals surface area contributed by atoms with E-state index in [2.05, 4.69) is 4.98 Å². The summed E-state index contributed by atoms with van der Waals surface area (Å²) in [5.74, 6) is -0.928. The van der Waals surface area contributed by atoms with Gasteiger partial charge in [-0.1, -0.05) is 0 Å². The van der Waals surface area contributed by atoms with Gasteiger partial charge in [-0.3, -0.25) is 4.79 Å². The topological polar surface area (TPSA) is 79.1 Å². The van der Waals surface area contributed by atoms with E-state index in [9.17, 15) is 4.79 Å². The van der Waals surface area contributed by atoms with Gasteiger partial charge in [0.2, 0.25) is 0 Å². The van der Waals surface area contributed by atoms with Crippen LogP contribution < -0.4 is 5.73 Å². The van der Waals surface area contributed by atoms with Gasteiger partial charge in [-0.2, -0.15) is 0 Å². The van der Waals surface area contributed by atoms with E-state index in [1.165, 1.54) is 11.3 Å². The molecule has 2 rings (SSSR count). The third-order valence-electron chi connectivity index (χ3n) is 3.11. The molecule has 4 nitrogen and oxygen atoms in total. The summed E-state index contributed by atoms with van der Waals surface area (Å²) in [6.45, 7) is 1.99. The smallest absolute Gasteiger partial charge is 0.320 e. The zero-order chi connectivity index (χ0) is 11.0. The number of hydrogen-bond donors (Lipinski definition) is 3. The van der Waals surface area contributed by atoms with Crippen molar-refractivity contribution >= 4 is 5.97 Å². The molecule has 1 atom stereocenters. The molecular weight excluding hydrogens is 192 g/mol. The van der Waals surface area contributed by atoms with Gasteiger partial charge < -0.3 is 15.8 Å². The number of carboxylic acids is 1. The molecule has 0 aromatic carbocycles. The van der Waals surface area contributed by atoms with Gasteiger partial charge in [0.05, 0.1) is 0 Å². The van der Waals surface area contributed by atoms with Crippen LogP contribution in [0.3, 0.4) is 0 Å². The zero-order valence-corrected chi connectivity index (χ0v) is 8.84. The second-order valence-corrected chi connectivity index (χ2v) is 4.19. The third-order valence-corrected chi connectivity index (χ3v) is 3.11. The van der Waals surface area contributed by atoms with Crippen molar-refractivity contribution in [1.29, 1.82) is 0 Å². The molecule has 15 heavy (non-hydrogen) atoms. The summed E-state index contributed by atoms with van der Waals surface area (Å²) in [5.41, 5.74) is 10.3. The van der Waals surface area contributed by atoms with Crippen molar-refractivity contribution in [2.45, 2.75) is 38.6 Å². The van der Waals surface area contributed by atoms with Crippen LogP contribution in [-0.2, 0) is 24.1 Å². The van der Waals surface area contributed by atoms with Crippen molar-refractivity contribution < 1.29 is 9.90 Å². The molecule has 1 unspecified atom stereocenters. The van der Waals surface area contributed by atoms with Gasteiger partial charge in [-0.15, -0.1) is 0 Å². The van der Waals surface area contributed by atoms with Crippen LogP contribution in [0.4, 0.5) is 0 Å². The molecule has 1 aromatic heterocycles. The molecule has 0 fully saturated rings. The van der Waals surface area contributed by atoms with Gasteiger partial charge in [-0.25, -0.2) is 0 Å². The van der Waals surface area contributed by atoms with E-state index in [1.54, 1.807) is 0 Å². The molecule has 0 bridgehead atoms. The quantitative estimate of drug-likeness (QED) is 0.686. The number of carbonyl (C=O) groups is 1. The highest BCUT2D eigenvalue weighted by Crippen LogP contribution is 2.28. The van der Waals surface area contributed by atoms with E-state index in [-0.39, 0.29) is 0 Å². The first-order chi connectivity index (χ1) is 7.09. The lowest BCUT2D eigenvalue weighted by molar-refractivity contribution is -0.138. The zero-order valence-electron chi connectivity index (χ0n) is 8.84. The van der Waals surface area contributed by atoms with E-state index < -0.39 is 12.0 Å². The Morgan fingerprint density at radius 2 is 2.33 bits per heavy atom. The van der Waals surface area contributed by atoms with Gasteiger partial charge >= 0.3 is 5.97 Å². The number of aromatic nitrogens is 1. The summed E-state index contributed by atoms with van der Waals surface area (Å²) in [6, 6.07) is -0.788. The normalized spacial score (nSPS) is 16.4. The third kappa shape index (κ3) is 1.77. The Morgan fingerprint density at radius 3 is 3.00 bits per heavy atom. The molecule has 1 heterocycles. The molecule has 0 saturated heterocycles. The molecule has 0 radical (unpaired) electrons. The number of aliphatic carboxylic acids is 1. The average Bonchev–Trinajstić information content (AvgIpc) is 2.69. The van der Waals surface area contributed by atoms with Crippen LogP contribution in [0.25, 0.3) is 0 Å². The number of rotatable bonds is 3. The number of aryl methyl sites for hydroxylation is 2. The van der Waals surface area contributed by atoms with E-state index in [4.69, 9.17) is 10.8 Å². The predicted octanol–water partition coefficient (Wildman–Crippen LogP) is 0.766. The Bertz CT molecular complexity index is 396. The van der Waals surface area contributed by atoms with Crippen molar-refractivity contribution in [2.24, 2.45) is 5.73 Å². The molecule has 0 saturated carbocycles. The average molecular weight is 208 g/mol. The molecule has 82 valence electrons. The fourth-order valence-electron chi connectivity index (χ4n) is 2.33. The number of nitrogens with two attached hydrogens (primary N) is 1. The lowest BCUT2D eigenvalue weighted by Gasteiger charge is -2.07. The lowest BCUT2D eigenvalue weighted by atomic mass is 10.0. The van der Waals surface area contributed by atoms with Crippen molar-refractivity contribution in [3.8, 4) is 0 Å². The van der Waals surface area contributed by atoms with E-state index in [0.29, 0.717) is 6.42 Å². The van der Waals surface area contributed by atoms with Gasteiger partial charge in [-0.05, 0) is 37.3 Å². The standard InChI is InChI=1S/C11H16N2O2/c1-6-8(5-9(12)11(14)15)7-3-2-4-10(7)13-6/h9,13H,2-5,12H2,1H3,(H,14,15). The van der Waals surface area contributed by atoms with E-state index in [0.717, 1.165) is 30.5 Å². The van der Waals surface area contributed by atoms with Crippen LogP contribution in [-0.4, -0.2) is 22.1 Å². The highest BCUT2D eigenvalue weighted by Gasteiger charge is 2.22. The Morgan fingerprint density at radius 1 is 1.60 bits per heavy atom. The fourth-order valence-corrected chi connectivity index (χ4v) is 2.33. The Labute approximate surface area is 88.5 Å². The summed E-state index contributed by atoms with van der Waals surface area (Å²) in [4.78, 5) is 14.0. The van der Waals surface area contributed by atoms with Crippen LogP contribution in [0.5, 0.6) is 0 Å². The van der Waals surface area contributed by atoms with Gasteiger partial charge in [0.25, 0.3) is 0 Å². The van der Waals surface area contributed by atoms with E-state index >= 15 is 0 Å². The Hall–Kier alpha value is -1.29. The molecular formula is C11H16N2O2. The van der Waals surface area contributed by atoms with Gasteiger partial charge in [0, 0.05) is 17.8 Å².